The van der Waals surface area contributed by atoms with Crippen LogP contribution in [0.25, 0.3) is 10.4 Å². The van der Waals surface area contributed by atoms with Crippen molar-refractivity contribution in [3.05, 3.63) is 41.0 Å². The molecular formula is C24H30N4O6S. The number of carbonyl (C=O) groups is 3. The Morgan fingerprint density at radius 1 is 1.29 bits per heavy atom. The molecule has 2 aromatic rings. The lowest BCUT2D eigenvalue weighted by Crippen LogP contribution is -2.59. The number of rotatable bonds is 7. The number of ether oxygens (including phenoxy) is 2. The first-order valence-electron chi connectivity index (χ1n) is 11.5. The summed E-state index contributed by atoms with van der Waals surface area (Å²) in [6, 6.07) is 6.03. The number of aryl methyl sites for hydroxylation is 1. The van der Waals surface area contributed by atoms with Crippen LogP contribution in [0.1, 0.15) is 17.7 Å². The van der Waals surface area contributed by atoms with E-state index in [1.165, 1.54) is 16.9 Å². The maximum atomic E-state index is 13.7. The highest BCUT2D eigenvalue weighted by Crippen LogP contribution is 2.27. The Balaban J connectivity index is 1.58. The minimum absolute atomic E-state index is 0.00236. The number of amides is 3. The predicted molar refractivity (Wildman–Crippen MR) is 128 cm³/mol. The average Bonchev–Trinajstić information content (AvgIpc) is 3.50. The van der Waals surface area contributed by atoms with Gasteiger partial charge in [-0.3, -0.25) is 19.3 Å². The molecule has 1 aromatic heterocycles. The summed E-state index contributed by atoms with van der Waals surface area (Å²) < 4.78 is 10.5. The molecular weight excluding hydrogens is 472 g/mol. The summed E-state index contributed by atoms with van der Waals surface area (Å²) >= 11 is 1.55. The zero-order chi connectivity index (χ0) is 24.9. The molecule has 3 amide bonds. The van der Waals surface area contributed by atoms with Gasteiger partial charge in [-0.1, -0.05) is 24.3 Å². The molecule has 3 heterocycles. The number of β-amino-alcohol motifs (C(OH)–C–C–N with tert-alkyl or cyclic N) is 1. The number of thiazole rings is 1. The third-order valence-corrected chi connectivity index (χ3v) is 7.22. The summed E-state index contributed by atoms with van der Waals surface area (Å²) in [5, 5.41) is 12.9. The second-order valence-corrected chi connectivity index (χ2v) is 9.54. The zero-order valence-electron chi connectivity index (χ0n) is 19.8. The number of aromatic nitrogens is 1. The van der Waals surface area contributed by atoms with E-state index in [1.54, 1.807) is 16.8 Å². The fourth-order valence-electron chi connectivity index (χ4n) is 4.37. The Morgan fingerprint density at radius 2 is 2.06 bits per heavy atom. The van der Waals surface area contributed by atoms with E-state index in [1.807, 2.05) is 31.2 Å². The number of aliphatic hydroxyl groups excluding tert-OH is 1. The van der Waals surface area contributed by atoms with Crippen molar-refractivity contribution in [3.8, 4) is 10.4 Å². The molecule has 0 saturated carbocycles. The van der Waals surface area contributed by atoms with E-state index in [4.69, 9.17) is 9.47 Å². The number of nitrogens with one attached hydrogen (secondary N) is 1. The molecule has 0 unspecified atom stereocenters. The number of methoxy groups -OCH3 is 1. The number of morpholine rings is 1. The van der Waals surface area contributed by atoms with Gasteiger partial charge in [0, 0.05) is 20.2 Å². The van der Waals surface area contributed by atoms with Gasteiger partial charge in [0.15, 0.2) is 0 Å². The minimum atomic E-state index is -0.930. The molecule has 0 aliphatic carbocycles. The standard InChI is InChI=1S/C24H30N4O6S/c1-15-22(35-14-26-15)17-5-3-16(4-6-17)11-28(23(31)19-9-18(29)10-25-19)24(32)20-12-34-8-7-27(20)21(30)13-33-2/h3-6,14,18-20,25,29H,7-13H2,1-2H3/t18-,19+,20+/m1/s1. The molecule has 0 radical (unpaired) electrons. The highest BCUT2D eigenvalue weighted by Gasteiger charge is 2.40. The molecule has 35 heavy (non-hydrogen) atoms. The summed E-state index contributed by atoms with van der Waals surface area (Å²) in [5.74, 6) is -1.27. The smallest absolute Gasteiger partial charge is 0.254 e. The van der Waals surface area contributed by atoms with Gasteiger partial charge in [0.2, 0.25) is 11.8 Å². The first-order chi connectivity index (χ1) is 16.9. The van der Waals surface area contributed by atoms with Crippen LogP contribution in [0.15, 0.2) is 29.8 Å². The lowest BCUT2D eigenvalue weighted by molar-refractivity contribution is -0.161. The lowest BCUT2D eigenvalue weighted by Gasteiger charge is -2.37. The van der Waals surface area contributed by atoms with Crippen molar-refractivity contribution in [2.24, 2.45) is 0 Å². The molecule has 2 aliphatic heterocycles. The number of imide groups is 1. The van der Waals surface area contributed by atoms with Crippen LogP contribution in [-0.2, 0) is 30.4 Å². The molecule has 2 aliphatic rings. The van der Waals surface area contributed by atoms with Crippen LogP contribution < -0.4 is 5.32 Å². The van der Waals surface area contributed by atoms with E-state index in [0.29, 0.717) is 6.61 Å². The average molecular weight is 503 g/mol. The fraction of sp³-hybridized carbons (Fsp3) is 0.500. The molecule has 2 saturated heterocycles. The van der Waals surface area contributed by atoms with E-state index < -0.39 is 30.0 Å². The first kappa shape index (κ1) is 25.4. The molecule has 3 atom stereocenters. The predicted octanol–water partition coefficient (Wildman–Crippen LogP) is 0.570. The Hall–Kier alpha value is -2.70. The zero-order valence-corrected chi connectivity index (χ0v) is 20.6. The van der Waals surface area contributed by atoms with E-state index in [9.17, 15) is 19.5 Å². The molecule has 2 N–H and O–H groups in total. The number of hydrogen-bond donors (Lipinski definition) is 2. The van der Waals surface area contributed by atoms with E-state index in [0.717, 1.165) is 21.7 Å². The van der Waals surface area contributed by atoms with Crippen molar-refractivity contribution >= 4 is 29.1 Å². The molecule has 188 valence electrons. The van der Waals surface area contributed by atoms with Gasteiger partial charge in [-0.05, 0) is 24.5 Å². The highest BCUT2D eigenvalue weighted by atomic mass is 32.1. The third kappa shape index (κ3) is 5.76. The Labute approximate surface area is 207 Å². The lowest BCUT2D eigenvalue weighted by atomic mass is 10.1. The van der Waals surface area contributed by atoms with E-state index in [2.05, 4.69) is 10.3 Å². The second kappa shape index (κ2) is 11.4. The monoisotopic (exact) mass is 502 g/mol. The fourth-order valence-corrected chi connectivity index (χ4v) is 5.19. The van der Waals surface area contributed by atoms with Gasteiger partial charge in [-0.15, -0.1) is 11.3 Å². The topological polar surface area (TPSA) is 121 Å². The molecule has 4 rings (SSSR count). The van der Waals surface area contributed by atoms with Gasteiger partial charge in [-0.2, -0.15) is 0 Å². The molecule has 0 bridgehead atoms. The molecule has 10 nitrogen and oxygen atoms in total. The van der Waals surface area contributed by atoms with Gasteiger partial charge < -0.3 is 24.8 Å². The number of hydrogen-bond acceptors (Lipinski definition) is 9. The van der Waals surface area contributed by atoms with Crippen LogP contribution in [0.3, 0.4) is 0 Å². The summed E-state index contributed by atoms with van der Waals surface area (Å²) in [4.78, 5) is 47.7. The normalized spacial score (nSPS) is 22.3. The Bertz CT molecular complexity index is 1060. The van der Waals surface area contributed by atoms with Crippen molar-refractivity contribution in [1.29, 1.82) is 0 Å². The van der Waals surface area contributed by atoms with Crippen LogP contribution in [-0.4, -0.2) is 95.8 Å². The SMILES string of the molecule is COCC(=O)N1CCOC[C@H]1C(=O)N(Cc1ccc(-c2scnc2C)cc1)C(=O)[C@@H]1C[C@@H](O)CN1. The summed E-state index contributed by atoms with van der Waals surface area (Å²) in [6.07, 6.45) is -0.430. The number of aliphatic hydroxyl groups is 1. The maximum Gasteiger partial charge on any atom is 0.254 e. The first-order valence-corrected chi connectivity index (χ1v) is 12.4. The minimum Gasteiger partial charge on any atom is -0.392 e. The van der Waals surface area contributed by atoms with Crippen LogP contribution in [0, 0.1) is 6.92 Å². The Morgan fingerprint density at radius 3 is 2.69 bits per heavy atom. The van der Waals surface area contributed by atoms with Gasteiger partial charge in [0.05, 0.1) is 48.0 Å². The summed E-state index contributed by atoms with van der Waals surface area (Å²) in [5.41, 5.74) is 4.51. The number of benzene rings is 1. The van der Waals surface area contributed by atoms with Gasteiger partial charge in [0.25, 0.3) is 5.91 Å². The Kier molecular flexibility index (Phi) is 8.24. The van der Waals surface area contributed by atoms with Crippen LogP contribution in [0.4, 0.5) is 0 Å². The van der Waals surface area contributed by atoms with Crippen molar-refractivity contribution in [2.45, 2.75) is 38.1 Å². The second-order valence-electron chi connectivity index (χ2n) is 8.69. The van der Waals surface area contributed by atoms with Gasteiger partial charge in [0.1, 0.15) is 12.6 Å². The largest absolute Gasteiger partial charge is 0.392 e. The number of carbonyl (C=O) groups excluding carboxylic acids is 3. The summed E-state index contributed by atoms with van der Waals surface area (Å²) in [7, 11) is 1.42. The van der Waals surface area contributed by atoms with Crippen molar-refractivity contribution in [1.82, 2.24) is 20.1 Å². The van der Waals surface area contributed by atoms with Crippen molar-refractivity contribution in [3.63, 3.8) is 0 Å². The highest BCUT2D eigenvalue weighted by molar-refractivity contribution is 7.13. The third-order valence-electron chi connectivity index (χ3n) is 6.24. The van der Waals surface area contributed by atoms with Crippen molar-refractivity contribution < 1.29 is 29.0 Å². The summed E-state index contributed by atoms with van der Waals surface area (Å²) in [6.45, 7) is 2.66. The van der Waals surface area contributed by atoms with E-state index in [-0.39, 0.29) is 45.2 Å². The molecule has 2 fully saturated rings. The maximum absolute atomic E-state index is 13.7. The number of nitrogens with zero attached hydrogens (tertiary/aromatic N) is 3. The van der Waals surface area contributed by atoms with Crippen molar-refractivity contribution in [2.75, 3.05) is 40.0 Å². The molecule has 11 heteroatoms. The van der Waals surface area contributed by atoms with E-state index >= 15 is 0 Å². The quantitative estimate of drug-likeness (QED) is 0.527. The van der Waals surface area contributed by atoms with Gasteiger partial charge >= 0.3 is 0 Å². The molecule has 0 spiro atoms. The van der Waals surface area contributed by atoms with Crippen LogP contribution in [0.5, 0.6) is 0 Å². The molecule has 1 aromatic carbocycles. The van der Waals surface area contributed by atoms with Crippen LogP contribution >= 0.6 is 11.3 Å². The van der Waals surface area contributed by atoms with Gasteiger partial charge in [-0.25, -0.2) is 4.98 Å². The van der Waals surface area contributed by atoms with Crippen LogP contribution in [0.2, 0.25) is 0 Å².